The largest absolute Gasteiger partial charge is 0.351 e. The Hall–Kier alpha value is -1.89. The fourth-order valence-electron chi connectivity index (χ4n) is 2.87. The zero-order chi connectivity index (χ0) is 15.4. The predicted octanol–water partition coefficient (Wildman–Crippen LogP) is 2.04. The molecule has 0 unspecified atom stereocenters. The van der Waals surface area contributed by atoms with Crippen molar-refractivity contribution in [2.75, 3.05) is 6.54 Å². The van der Waals surface area contributed by atoms with Gasteiger partial charge < -0.3 is 15.6 Å². The first-order chi connectivity index (χ1) is 10.0. The predicted molar refractivity (Wildman–Crippen MR) is 79.0 cm³/mol. The van der Waals surface area contributed by atoms with E-state index in [1.807, 2.05) is 11.8 Å². The van der Waals surface area contributed by atoms with E-state index < -0.39 is 4.92 Å². The van der Waals surface area contributed by atoms with Crippen LogP contribution in [-0.4, -0.2) is 39.3 Å². The van der Waals surface area contributed by atoms with Crippen molar-refractivity contribution in [2.45, 2.75) is 51.1 Å². The van der Waals surface area contributed by atoms with E-state index in [1.165, 1.54) is 12.3 Å². The summed E-state index contributed by atoms with van der Waals surface area (Å²) < 4.78 is 0. The molecule has 1 fully saturated rings. The SMILES string of the molecule is CCCN(C(=O)c1cc([N+](=O)[O-])c[nH]1)C1CCC(N)CC1. The Morgan fingerprint density at radius 2 is 2.14 bits per heavy atom. The van der Waals surface area contributed by atoms with Crippen LogP contribution in [0.2, 0.25) is 0 Å². The topological polar surface area (TPSA) is 105 Å². The third kappa shape index (κ3) is 3.60. The maximum atomic E-state index is 12.6. The second-order valence-electron chi connectivity index (χ2n) is 5.60. The van der Waals surface area contributed by atoms with E-state index in [9.17, 15) is 14.9 Å². The van der Waals surface area contributed by atoms with E-state index in [0.29, 0.717) is 6.54 Å². The van der Waals surface area contributed by atoms with E-state index in [2.05, 4.69) is 4.98 Å². The van der Waals surface area contributed by atoms with Gasteiger partial charge in [0.1, 0.15) is 5.69 Å². The van der Waals surface area contributed by atoms with E-state index in [1.54, 1.807) is 0 Å². The van der Waals surface area contributed by atoms with Crippen LogP contribution in [0.15, 0.2) is 12.3 Å². The summed E-state index contributed by atoms with van der Waals surface area (Å²) in [5.74, 6) is -0.162. The number of nitrogens with one attached hydrogen (secondary N) is 1. The summed E-state index contributed by atoms with van der Waals surface area (Å²) >= 11 is 0. The van der Waals surface area contributed by atoms with E-state index in [0.717, 1.165) is 32.1 Å². The maximum absolute atomic E-state index is 12.6. The molecule has 2 rings (SSSR count). The molecular formula is C14H22N4O3. The van der Waals surface area contributed by atoms with Gasteiger partial charge in [0.15, 0.2) is 0 Å². The summed E-state index contributed by atoms with van der Waals surface area (Å²) in [5.41, 5.74) is 6.11. The fourth-order valence-corrected chi connectivity index (χ4v) is 2.87. The number of aromatic amines is 1. The van der Waals surface area contributed by atoms with Gasteiger partial charge in [0.2, 0.25) is 0 Å². The Balaban J connectivity index is 2.12. The number of H-pyrrole nitrogens is 1. The third-order valence-corrected chi connectivity index (χ3v) is 4.02. The number of hydrogen-bond donors (Lipinski definition) is 2. The van der Waals surface area contributed by atoms with Gasteiger partial charge in [-0.1, -0.05) is 6.92 Å². The van der Waals surface area contributed by atoms with Gasteiger partial charge in [-0.2, -0.15) is 0 Å². The normalized spacial score (nSPS) is 22.0. The minimum Gasteiger partial charge on any atom is -0.351 e. The summed E-state index contributed by atoms with van der Waals surface area (Å²) in [7, 11) is 0. The van der Waals surface area contributed by atoms with Crippen molar-refractivity contribution in [3.05, 3.63) is 28.1 Å². The molecule has 7 heteroatoms. The standard InChI is InChI=1S/C14H22N4O3/c1-2-7-17(11-5-3-10(15)4-6-11)14(19)13-8-12(9-16-13)18(20)21/h8-11,16H,2-7,15H2,1H3. The minimum atomic E-state index is -0.503. The number of nitro groups is 1. The third-order valence-electron chi connectivity index (χ3n) is 4.02. The Morgan fingerprint density at radius 1 is 1.48 bits per heavy atom. The molecule has 1 aromatic rings. The summed E-state index contributed by atoms with van der Waals surface area (Å²) in [6, 6.07) is 1.71. The van der Waals surface area contributed by atoms with Crippen molar-refractivity contribution < 1.29 is 9.72 Å². The van der Waals surface area contributed by atoms with Crippen LogP contribution in [0.4, 0.5) is 5.69 Å². The van der Waals surface area contributed by atoms with Crippen molar-refractivity contribution in [1.82, 2.24) is 9.88 Å². The first-order valence-electron chi connectivity index (χ1n) is 7.42. The van der Waals surface area contributed by atoms with E-state index in [4.69, 9.17) is 5.73 Å². The van der Waals surface area contributed by atoms with Crippen molar-refractivity contribution in [3.8, 4) is 0 Å². The number of aromatic nitrogens is 1. The van der Waals surface area contributed by atoms with Gasteiger partial charge in [-0.3, -0.25) is 14.9 Å². The molecular weight excluding hydrogens is 272 g/mol. The van der Waals surface area contributed by atoms with Crippen molar-refractivity contribution >= 4 is 11.6 Å². The van der Waals surface area contributed by atoms with Crippen LogP contribution in [0.3, 0.4) is 0 Å². The monoisotopic (exact) mass is 294 g/mol. The van der Waals surface area contributed by atoms with Crippen LogP contribution in [0, 0.1) is 10.1 Å². The Morgan fingerprint density at radius 3 is 2.67 bits per heavy atom. The molecule has 1 aromatic heterocycles. The summed E-state index contributed by atoms with van der Waals surface area (Å²) in [6.45, 7) is 2.68. The highest BCUT2D eigenvalue weighted by atomic mass is 16.6. The lowest BCUT2D eigenvalue weighted by atomic mass is 9.90. The zero-order valence-electron chi connectivity index (χ0n) is 12.2. The first kappa shape index (κ1) is 15.5. The highest BCUT2D eigenvalue weighted by Crippen LogP contribution is 2.24. The van der Waals surface area contributed by atoms with Gasteiger partial charge in [0.25, 0.3) is 11.6 Å². The van der Waals surface area contributed by atoms with Crippen molar-refractivity contribution in [1.29, 1.82) is 0 Å². The summed E-state index contributed by atoms with van der Waals surface area (Å²) in [5, 5.41) is 10.7. The number of amides is 1. The molecule has 0 saturated heterocycles. The van der Waals surface area contributed by atoms with Crippen molar-refractivity contribution in [2.24, 2.45) is 5.73 Å². The van der Waals surface area contributed by atoms with Gasteiger partial charge in [0, 0.05) is 24.7 Å². The molecule has 1 amide bonds. The second kappa shape index (κ2) is 6.71. The minimum absolute atomic E-state index is 0.0829. The van der Waals surface area contributed by atoms with Gasteiger partial charge in [-0.25, -0.2) is 0 Å². The molecule has 116 valence electrons. The Labute approximate surface area is 123 Å². The average Bonchev–Trinajstić information content (AvgIpc) is 2.95. The maximum Gasteiger partial charge on any atom is 0.287 e. The zero-order valence-corrected chi connectivity index (χ0v) is 12.2. The Kier molecular flexibility index (Phi) is 4.95. The molecule has 7 nitrogen and oxygen atoms in total. The van der Waals surface area contributed by atoms with Gasteiger partial charge >= 0.3 is 0 Å². The van der Waals surface area contributed by atoms with Gasteiger partial charge in [-0.05, 0) is 32.1 Å². The second-order valence-corrected chi connectivity index (χ2v) is 5.60. The molecule has 1 saturated carbocycles. The summed E-state index contributed by atoms with van der Waals surface area (Å²) in [4.78, 5) is 27.4. The molecule has 21 heavy (non-hydrogen) atoms. The van der Waals surface area contributed by atoms with E-state index in [-0.39, 0.29) is 29.4 Å². The van der Waals surface area contributed by atoms with Gasteiger partial charge in [-0.15, -0.1) is 0 Å². The molecule has 1 heterocycles. The highest BCUT2D eigenvalue weighted by molar-refractivity contribution is 5.93. The molecule has 0 bridgehead atoms. The first-order valence-corrected chi connectivity index (χ1v) is 7.42. The quantitative estimate of drug-likeness (QED) is 0.640. The van der Waals surface area contributed by atoms with E-state index >= 15 is 0 Å². The number of carbonyl (C=O) groups is 1. The number of carbonyl (C=O) groups excluding carboxylic acids is 1. The molecule has 0 aliphatic heterocycles. The van der Waals surface area contributed by atoms with Crippen molar-refractivity contribution in [3.63, 3.8) is 0 Å². The lowest BCUT2D eigenvalue weighted by Gasteiger charge is -2.35. The number of nitrogens with two attached hydrogens (primary N) is 1. The van der Waals surface area contributed by atoms with Crippen LogP contribution in [0.25, 0.3) is 0 Å². The van der Waals surface area contributed by atoms with Crippen LogP contribution in [0.1, 0.15) is 49.5 Å². The summed E-state index contributed by atoms with van der Waals surface area (Å²) in [6.07, 6.45) is 5.75. The van der Waals surface area contributed by atoms with Crippen LogP contribution >= 0.6 is 0 Å². The molecule has 1 aliphatic carbocycles. The Bertz CT molecular complexity index is 506. The van der Waals surface area contributed by atoms with Crippen LogP contribution in [0.5, 0.6) is 0 Å². The molecule has 3 N–H and O–H groups in total. The molecule has 0 atom stereocenters. The molecule has 0 spiro atoms. The average molecular weight is 294 g/mol. The molecule has 0 aromatic carbocycles. The fraction of sp³-hybridized carbons (Fsp3) is 0.643. The lowest BCUT2D eigenvalue weighted by Crippen LogP contribution is -2.44. The van der Waals surface area contributed by atoms with Crippen LogP contribution in [-0.2, 0) is 0 Å². The molecule has 0 radical (unpaired) electrons. The lowest BCUT2D eigenvalue weighted by molar-refractivity contribution is -0.384. The van der Waals surface area contributed by atoms with Gasteiger partial charge in [0.05, 0.1) is 11.1 Å². The van der Waals surface area contributed by atoms with Crippen LogP contribution < -0.4 is 5.73 Å². The number of nitrogens with zero attached hydrogens (tertiary/aromatic N) is 2. The smallest absolute Gasteiger partial charge is 0.287 e. The highest BCUT2D eigenvalue weighted by Gasteiger charge is 2.29. The molecule has 1 aliphatic rings. The number of hydrogen-bond acceptors (Lipinski definition) is 4. The number of rotatable bonds is 5.